The highest BCUT2D eigenvalue weighted by molar-refractivity contribution is 6.42. The largest absolute Gasteiger partial charge is 0.343 e. The molecule has 2 aromatic carbocycles. The molecule has 3 aromatic rings. The number of H-pyrrole nitrogens is 1. The van der Waals surface area contributed by atoms with E-state index in [1.54, 1.807) is 12.1 Å². The number of rotatable bonds is 5. The van der Waals surface area contributed by atoms with E-state index in [1.807, 2.05) is 18.2 Å². The molecule has 9 heteroatoms. The second kappa shape index (κ2) is 8.69. The molecule has 1 heterocycles. The van der Waals surface area contributed by atoms with Gasteiger partial charge >= 0.3 is 0 Å². The molecule has 142 valence electrons. The molecular formula is C19H14Cl2N4O3. The first-order chi connectivity index (χ1) is 13.4. The number of pyridine rings is 1. The molecule has 0 aliphatic rings. The van der Waals surface area contributed by atoms with Crippen molar-refractivity contribution < 1.29 is 9.59 Å². The van der Waals surface area contributed by atoms with E-state index in [0.717, 1.165) is 5.39 Å². The first-order valence-corrected chi connectivity index (χ1v) is 8.87. The van der Waals surface area contributed by atoms with Crippen molar-refractivity contribution in [3.8, 4) is 0 Å². The van der Waals surface area contributed by atoms with E-state index in [2.05, 4.69) is 20.8 Å². The highest BCUT2D eigenvalue weighted by atomic mass is 35.5. The Morgan fingerprint density at radius 3 is 2.64 bits per heavy atom. The zero-order valence-electron chi connectivity index (χ0n) is 14.3. The smallest absolute Gasteiger partial charge is 0.259 e. The molecule has 7 nitrogen and oxygen atoms in total. The van der Waals surface area contributed by atoms with E-state index in [-0.39, 0.29) is 22.7 Å². The van der Waals surface area contributed by atoms with E-state index in [9.17, 15) is 14.4 Å². The van der Waals surface area contributed by atoms with Crippen LogP contribution in [0.2, 0.25) is 10.0 Å². The van der Waals surface area contributed by atoms with Crippen LogP contribution in [0.4, 0.5) is 0 Å². The van der Waals surface area contributed by atoms with Crippen molar-refractivity contribution in [3.63, 3.8) is 0 Å². The predicted octanol–water partition coefficient (Wildman–Crippen LogP) is 2.72. The van der Waals surface area contributed by atoms with Crippen molar-refractivity contribution >= 4 is 52.1 Å². The number of amides is 2. The molecule has 0 saturated heterocycles. The minimum Gasteiger partial charge on any atom is -0.343 e. The van der Waals surface area contributed by atoms with Gasteiger partial charge in [0.15, 0.2) is 0 Å². The lowest BCUT2D eigenvalue weighted by Gasteiger charge is -2.05. The van der Waals surface area contributed by atoms with Crippen molar-refractivity contribution in [2.24, 2.45) is 5.10 Å². The van der Waals surface area contributed by atoms with E-state index in [0.29, 0.717) is 16.1 Å². The summed E-state index contributed by atoms with van der Waals surface area (Å²) in [5.74, 6) is -1.04. The quantitative estimate of drug-likeness (QED) is 0.439. The van der Waals surface area contributed by atoms with Crippen molar-refractivity contribution in [3.05, 3.63) is 80.1 Å². The number of nitrogens with zero attached hydrogens (tertiary/aromatic N) is 1. The monoisotopic (exact) mass is 416 g/mol. The third-order valence-corrected chi connectivity index (χ3v) is 4.51. The molecule has 1 aromatic heterocycles. The van der Waals surface area contributed by atoms with Gasteiger partial charge in [0.05, 0.1) is 28.4 Å². The first kappa shape index (κ1) is 19.6. The second-order valence-corrected chi connectivity index (χ2v) is 6.56. The molecule has 2 amide bonds. The van der Waals surface area contributed by atoms with Crippen LogP contribution in [-0.4, -0.2) is 29.6 Å². The maximum absolute atomic E-state index is 12.0. The molecule has 0 atom stereocenters. The van der Waals surface area contributed by atoms with Gasteiger partial charge in [-0.1, -0.05) is 41.4 Å². The standard InChI is InChI=1S/C19H14Cl2N4O3/c20-14-6-5-12(8-15(14)21)18(27)22-10-17(26)25-23-9-13-7-11-3-1-2-4-16(11)24-19(13)28/h1-9H,10H2,(H,22,27)(H,24,28)(H,25,26)/b23-9+. The number of para-hydroxylation sites is 1. The lowest BCUT2D eigenvalue weighted by molar-refractivity contribution is -0.120. The van der Waals surface area contributed by atoms with E-state index < -0.39 is 11.8 Å². The maximum Gasteiger partial charge on any atom is 0.259 e. The number of carbonyl (C=O) groups excluding carboxylic acids is 2. The van der Waals surface area contributed by atoms with E-state index >= 15 is 0 Å². The van der Waals surface area contributed by atoms with Gasteiger partial charge in [0.25, 0.3) is 17.4 Å². The van der Waals surface area contributed by atoms with Crippen molar-refractivity contribution in [2.75, 3.05) is 6.54 Å². The summed E-state index contributed by atoms with van der Waals surface area (Å²) in [6, 6.07) is 13.3. The normalized spacial score (nSPS) is 10.9. The highest BCUT2D eigenvalue weighted by Gasteiger charge is 2.09. The highest BCUT2D eigenvalue weighted by Crippen LogP contribution is 2.22. The second-order valence-electron chi connectivity index (χ2n) is 5.75. The van der Waals surface area contributed by atoms with E-state index in [4.69, 9.17) is 23.2 Å². The summed E-state index contributed by atoms with van der Waals surface area (Å²) < 4.78 is 0. The summed E-state index contributed by atoms with van der Waals surface area (Å²) >= 11 is 11.7. The third kappa shape index (κ3) is 4.76. The summed E-state index contributed by atoms with van der Waals surface area (Å²) in [5, 5.41) is 7.59. The fourth-order valence-corrected chi connectivity index (χ4v) is 2.67. The molecule has 0 saturated carbocycles. The predicted molar refractivity (Wildman–Crippen MR) is 109 cm³/mol. The van der Waals surface area contributed by atoms with Crippen molar-refractivity contribution in [2.45, 2.75) is 0 Å². The van der Waals surface area contributed by atoms with Gasteiger partial charge in [0.1, 0.15) is 0 Å². The fourth-order valence-electron chi connectivity index (χ4n) is 2.37. The molecule has 28 heavy (non-hydrogen) atoms. The molecule has 3 rings (SSSR count). The Labute approximate surface area is 169 Å². The van der Waals surface area contributed by atoms with Crippen LogP contribution >= 0.6 is 23.2 Å². The summed E-state index contributed by atoms with van der Waals surface area (Å²) in [6.07, 6.45) is 1.24. The molecular weight excluding hydrogens is 403 g/mol. The number of hydrogen-bond acceptors (Lipinski definition) is 4. The number of aromatic amines is 1. The summed E-state index contributed by atoms with van der Waals surface area (Å²) in [6.45, 7) is -0.301. The number of carbonyl (C=O) groups is 2. The lowest BCUT2D eigenvalue weighted by Crippen LogP contribution is -2.35. The lowest BCUT2D eigenvalue weighted by atomic mass is 10.2. The molecule has 0 bridgehead atoms. The SMILES string of the molecule is O=C(CNC(=O)c1ccc(Cl)c(Cl)c1)N/N=C/c1cc2ccccc2[nH]c1=O. The van der Waals surface area contributed by atoms with Gasteiger partial charge in [-0.2, -0.15) is 5.10 Å². The Morgan fingerprint density at radius 1 is 1.07 bits per heavy atom. The van der Waals surface area contributed by atoms with Crippen LogP contribution in [0.5, 0.6) is 0 Å². The molecule has 0 aliphatic heterocycles. The van der Waals surface area contributed by atoms with Crippen LogP contribution < -0.4 is 16.3 Å². The van der Waals surface area contributed by atoms with Crippen LogP contribution in [0, 0.1) is 0 Å². The Bertz CT molecular complexity index is 1140. The van der Waals surface area contributed by atoms with Crippen LogP contribution in [0.1, 0.15) is 15.9 Å². The molecule has 0 fully saturated rings. The molecule has 0 radical (unpaired) electrons. The average molecular weight is 417 g/mol. The zero-order chi connectivity index (χ0) is 20.1. The van der Waals surface area contributed by atoms with Crippen LogP contribution in [0.25, 0.3) is 10.9 Å². The fraction of sp³-hybridized carbons (Fsp3) is 0.0526. The van der Waals surface area contributed by atoms with Gasteiger partial charge in [0.2, 0.25) is 0 Å². The number of halogens is 2. The molecule has 0 aliphatic carbocycles. The molecule has 3 N–H and O–H groups in total. The minimum atomic E-state index is -0.554. The van der Waals surface area contributed by atoms with Crippen molar-refractivity contribution in [1.82, 2.24) is 15.7 Å². The number of fused-ring (bicyclic) bond motifs is 1. The van der Waals surface area contributed by atoms with Crippen LogP contribution in [-0.2, 0) is 4.79 Å². The Hall–Kier alpha value is -3.16. The van der Waals surface area contributed by atoms with Gasteiger partial charge in [-0.25, -0.2) is 5.43 Å². The van der Waals surface area contributed by atoms with Crippen LogP contribution in [0.15, 0.2) is 58.4 Å². The van der Waals surface area contributed by atoms with Gasteiger partial charge in [0, 0.05) is 11.1 Å². The van der Waals surface area contributed by atoms with Gasteiger partial charge in [-0.3, -0.25) is 14.4 Å². The average Bonchev–Trinajstić information content (AvgIpc) is 2.68. The molecule has 0 spiro atoms. The number of nitrogens with one attached hydrogen (secondary N) is 3. The third-order valence-electron chi connectivity index (χ3n) is 3.77. The number of benzene rings is 2. The van der Waals surface area contributed by atoms with Gasteiger partial charge in [-0.15, -0.1) is 0 Å². The first-order valence-electron chi connectivity index (χ1n) is 8.11. The summed E-state index contributed by atoms with van der Waals surface area (Å²) in [5.41, 5.74) is 3.19. The van der Waals surface area contributed by atoms with Gasteiger partial charge in [-0.05, 0) is 35.7 Å². The Morgan fingerprint density at radius 2 is 1.86 bits per heavy atom. The van der Waals surface area contributed by atoms with E-state index in [1.165, 1.54) is 24.4 Å². The topological polar surface area (TPSA) is 103 Å². The summed E-state index contributed by atoms with van der Waals surface area (Å²) in [4.78, 5) is 38.5. The van der Waals surface area contributed by atoms with Crippen molar-refractivity contribution in [1.29, 1.82) is 0 Å². The number of hydrazone groups is 1. The summed E-state index contributed by atoms with van der Waals surface area (Å²) in [7, 11) is 0. The molecule has 0 unspecified atom stereocenters. The minimum absolute atomic E-state index is 0.240. The number of aromatic nitrogens is 1. The Balaban J connectivity index is 1.56. The number of hydrogen-bond donors (Lipinski definition) is 3. The maximum atomic E-state index is 12.0. The zero-order valence-corrected chi connectivity index (χ0v) is 15.8. The Kier molecular flexibility index (Phi) is 6.08. The van der Waals surface area contributed by atoms with Crippen LogP contribution in [0.3, 0.4) is 0 Å². The van der Waals surface area contributed by atoms with Gasteiger partial charge < -0.3 is 10.3 Å².